The molecule has 0 spiro atoms. The van der Waals surface area contributed by atoms with Gasteiger partial charge in [0.15, 0.2) is 0 Å². The molecule has 0 bridgehead atoms. The summed E-state index contributed by atoms with van der Waals surface area (Å²) in [6.45, 7) is 2.13. The van der Waals surface area contributed by atoms with E-state index in [1.807, 2.05) is 18.2 Å². The lowest BCUT2D eigenvalue weighted by Crippen LogP contribution is -1.73. The average Bonchev–Trinajstić information content (AvgIpc) is 2.46. The third-order valence-corrected chi connectivity index (χ3v) is 2.74. The van der Waals surface area contributed by atoms with E-state index < -0.39 is 0 Å². The van der Waals surface area contributed by atoms with E-state index in [1.54, 1.807) is 11.3 Å². The molecule has 0 aliphatic rings. The summed E-state index contributed by atoms with van der Waals surface area (Å²) in [5.41, 5.74) is 1.10. The molecule has 0 N–H and O–H groups in total. The van der Waals surface area contributed by atoms with Gasteiger partial charge in [0.25, 0.3) is 0 Å². The van der Waals surface area contributed by atoms with E-state index in [0.29, 0.717) is 0 Å². The van der Waals surface area contributed by atoms with Crippen molar-refractivity contribution in [2.45, 2.75) is 13.3 Å². The normalized spacial score (nSPS) is 10.6. The molecule has 2 rings (SSSR count). The predicted octanol–water partition coefficient (Wildman–Crippen LogP) is 2.66. The highest BCUT2D eigenvalue weighted by atomic mass is 32.1. The molecule has 0 saturated heterocycles. The fourth-order valence-corrected chi connectivity index (χ4v) is 1.90. The summed E-state index contributed by atoms with van der Waals surface area (Å²) in [6, 6.07) is 8.94. The Balaban J connectivity index is 2.69. The van der Waals surface area contributed by atoms with Crippen LogP contribution in [-0.2, 0) is 6.42 Å². The van der Waals surface area contributed by atoms with E-state index in [-0.39, 0.29) is 0 Å². The second-order valence-electron chi connectivity index (χ2n) is 2.35. The first-order chi connectivity index (χ1) is 5.40. The highest BCUT2D eigenvalue weighted by molar-refractivity contribution is 7.18. The second kappa shape index (κ2) is 2.62. The van der Waals surface area contributed by atoms with Crippen LogP contribution in [0.5, 0.6) is 0 Å². The third kappa shape index (κ3) is 1.14. The summed E-state index contributed by atoms with van der Waals surface area (Å²) in [6.07, 6.45) is 1.03. The first-order valence-electron chi connectivity index (χ1n) is 3.65. The van der Waals surface area contributed by atoms with Gasteiger partial charge in [-0.25, -0.2) is 4.98 Å². The maximum atomic E-state index is 4.43. The van der Waals surface area contributed by atoms with Crippen LogP contribution in [0.25, 0.3) is 10.2 Å². The Bertz CT molecular complexity index is 331. The molecule has 1 heterocycles. The Kier molecular flexibility index (Phi) is 1.62. The minimum Gasteiger partial charge on any atom is -0.241 e. The third-order valence-electron chi connectivity index (χ3n) is 1.58. The van der Waals surface area contributed by atoms with Crippen LogP contribution < -0.4 is 0 Å². The number of hydrogen-bond donors (Lipinski definition) is 0. The van der Waals surface area contributed by atoms with Crippen molar-refractivity contribution in [3.05, 3.63) is 29.3 Å². The van der Waals surface area contributed by atoms with Crippen molar-refractivity contribution in [1.82, 2.24) is 4.98 Å². The van der Waals surface area contributed by atoms with Crippen molar-refractivity contribution in [1.29, 1.82) is 0 Å². The number of fused-ring (bicyclic) bond motifs is 1. The molecule has 0 aliphatic carbocycles. The number of benzene rings is 1. The monoisotopic (exact) mass is 162 g/mol. The van der Waals surface area contributed by atoms with Gasteiger partial charge in [0.2, 0.25) is 0 Å². The first-order valence-corrected chi connectivity index (χ1v) is 4.47. The number of nitrogens with zero attached hydrogens (tertiary/aromatic N) is 1. The zero-order chi connectivity index (χ0) is 7.68. The molecule has 1 aromatic heterocycles. The summed E-state index contributed by atoms with van der Waals surface area (Å²) < 4.78 is 1.24. The lowest BCUT2D eigenvalue weighted by atomic mass is 10.3. The molecule has 11 heavy (non-hydrogen) atoms. The van der Waals surface area contributed by atoms with Gasteiger partial charge in [0, 0.05) is 0 Å². The molecule has 0 saturated carbocycles. The molecular formula is C9H8NS. The molecule has 1 nitrogen and oxygen atoms in total. The lowest BCUT2D eigenvalue weighted by molar-refractivity contribution is 1.11. The Morgan fingerprint density at radius 3 is 3.27 bits per heavy atom. The van der Waals surface area contributed by atoms with Crippen LogP contribution in [0.1, 0.15) is 11.9 Å². The Morgan fingerprint density at radius 2 is 2.55 bits per heavy atom. The van der Waals surface area contributed by atoms with Gasteiger partial charge in [-0.3, -0.25) is 0 Å². The van der Waals surface area contributed by atoms with Crippen LogP contribution in [0, 0.1) is 6.07 Å². The van der Waals surface area contributed by atoms with E-state index >= 15 is 0 Å². The van der Waals surface area contributed by atoms with Gasteiger partial charge in [-0.2, -0.15) is 0 Å². The van der Waals surface area contributed by atoms with E-state index in [1.165, 1.54) is 9.71 Å². The lowest BCUT2D eigenvalue weighted by Gasteiger charge is -1.80. The van der Waals surface area contributed by atoms with Crippen molar-refractivity contribution in [2.24, 2.45) is 0 Å². The van der Waals surface area contributed by atoms with Gasteiger partial charge in [-0.1, -0.05) is 13.0 Å². The van der Waals surface area contributed by atoms with Gasteiger partial charge in [0.05, 0.1) is 15.2 Å². The topological polar surface area (TPSA) is 12.9 Å². The van der Waals surface area contributed by atoms with E-state index in [4.69, 9.17) is 0 Å². The van der Waals surface area contributed by atoms with Gasteiger partial charge in [0.1, 0.15) is 0 Å². The summed E-state index contributed by atoms with van der Waals surface area (Å²) in [5.74, 6) is 0. The van der Waals surface area contributed by atoms with Crippen molar-refractivity contribution in [3.8, 4) is 0 Å². The summed E-state index contributed by atoms with van der Waals surface area (Å²) in [4.78, 5) is 4.43. The number of aryl methyl sites for hydroxylation is 1. The molecule has 0 unspecified atom stereocenters. The molecule has 1 radical (unpaired) electrons. The van der Waals surface area contributed by atoms with Crippen molar-refractivity contribution in [3.63, 3.8) is 0 Å². The zero-order valence-corrected chi connectivity index (χ0v) is 7.11. The molecule has 0 fully saturated rings. The largest absolute Gasteiger partial charge is 0.241 e. The van der Waals surface area contributed by atoms with E-state index in [0.717, 1.165) is 11.9 Å². The quantitative estimate of drug-likeness (QED) is 0.628. The Hall–Kier alpha value is -0.890. The van der Waals surface area contributed by atoms with Gasteiger partial charge in [-0.05, 0) is 24.6 Å². The van der Waals surface area contributed by atoms with E-state index in [9.17, 15) is 0 Å². The van der Waals surface area contributed by atoms with E-state index in [2.05, 4.69) is 18.0 Å². The first kappa shape index (κ1) is 6.80. The van der Waals surface area contributed by atoms with Crippen LogP contribution in [0.4, 0.5) is 0 Å². The summed E-state index contributed by atoms with van der Waals surface area (Å²) in [7, 11) is 0. The number of hydrogen-bond acceptors (Lipinski definition) is 2. The van der Waals surface area contributed by atoms with Gasteiger partial charge in [-0.15, -0.1) is 11.3 Å². The molecule has 2 aromatic rings. The van der Waals surface area contributed by atoms with Crippen LogP contribution in [-0.4, -0.2) is 4.98 Å². The summed E-state index contributed by atoms with van der Waals surface area (Å²) in [5, 5.41) is 1.21. The molecule has 0 aliphatic heterocycles. The van der Waals surface area contributed by atoms with Crippen LogP contribution in [0.3, 0.4) is 0 Å². The maximum absolute atomic E-state index is 4.43. The molecule has 0 atom stereocenters. The number of rotatable bonds is 1. The van der Waals surface area contributed by atoms with Crippen LogP contribution >= 0.6 is 11.3 Å². The smallest absolute Gasteiger partial charge is 0.0935 e. The number of aromatic nitrogens is 1. The average molecular weight is 162 g/mol. The minimum absolute atomic E-state index is 1.03. The molecule has 55 valence electrons. The highest BCUT2D eigenvalue weighted by Gasteiger charge is 1.98. The van der Waals surface area contributed by atoms with Crippen LogP contribution in [0.15, 0.2) is 18.2 Å². The maximum Gasteiger partial charge on any atom is 0.0935 e. The van der Waals surface area contributed by atoms with Crippen molar-refractivity contribution >= 4 is 21.6 Å². The highest BCUT2D eigenvalue weighted by Crippen LogP contribution is 2.21. The summed E-state index contributed by atoms with van der Waals surface area (Å²) >= 11 is 1.75. The fraction of sp³-hybridized carbons (Fsp3) is 0.222. The molecule has 2 heteroatoms. The second-order valence-corrected chi connectivity index (χ2v) is 3.47. The predicted molar refractivity (Wildman–Crippen MR) is 47.8 cm³/mol. The Morgan fingerprint density at radius 1 is 1.64 bits per heavy atom. The van der Waals surface area contributed by atoms with Gasteiger partial charge < -0.3 is 0 Å². The molecule has 0 amide bonds. The minimum atomic E-state index is 1.03. The van der Waals surface area contributed by atoms with Crippen molar-refractivity contribution < 1.29 is 0 Å². The van der Waals surface area contributed by atoms with Gasteiger partial charge >= 0.3 is 0 Å². The SMILES string of the molecule is CCc1nc2cc[c]cc2s1. The molecule has 1 aromatic carbocycles. The Labute approximate surface area is 69.7 Å². The number of thiazole rings is 1. The van der Waals surface area contributed by atoms with Crippen LogP contribution in [0.2, 0.25) is 0 Å². The standard InChI is InChI=1S/C9H8NS/c1-2-9-10-7-5-3-4-6-8(7)11-9/h3,5-6H,2H2,1H3. The van der Waals surface area contributed by atoms with Crippen molar-refractivity contribution in [2.75, 3.05) is 0 Å². The zero-order valence-electron chi connectivity index (χ0n) is 6.29. The molecular weight excluding hydrogens is 154 g/mol. The fourth-order valence-electron chi connectivity index (χ4n) is 1.02.